The number of pyridine rings is 1. The van der Waals surface area contributed by atoms with Crippen molar-refractivity contribution in [2.45, 2.75) is 12.6 Å². The molecule has 0 radical (unpaired) electrons. The van der Waals surface area contributed by atoms with Gasteiger partial charge < -0.3 is 10.1 Å². The van der Waals surface area contributed by atoms with Gasteiger partial charge in [0.05, 0.1) is 9.35 Å². The topological polar surface area (TPSA) is 51.2 Å². The molecule has 0 atom stereocenters. The number of thiophene rings is 1. The van der Waals surface area contributed by atoms with Crippen molar-refractivity contribution in [2.24, 2.45) is 0 Å². The predicted octanol–water partition coefficient (Wildman–Crippen LogP) is 3.82. The lowest BCUT2D eigenvalue weighted by molar-refractivity contribution is -0.154. The molecule has 23 heavy (non-hydrogen) atoms. The molecule has 9 heteroatoms. The Morgan fingerprint density at radius 2 is 2.09 bits per heavy atom. The summed E-state index contributed by atoms with van der Waals surface area (Å²) in [6.45, 7) is -0.958. The Hall–Kier alpha value is -1.61. The fourth-order valence-corrected chi connectivity index (χ4v) is 3.13. The molecule has 1 amide bonds. The average molecular weight is 409 g/mol. The van der Waals surface area contributed by atoms with Crippen LogP contribution in [0.2, 0.25) is 0 Å². The van der Waals surface area contributed by atoms with Gasteiger partial charge in [-0.05, 0) is 40.5 Å². The van der Waals surface area contributed by atoms with Gasteiger partial charge in [0.2, 0.25) is 5.88 Å². The van der Waals surface area contributed by atoms with Gasteiger partial charge in [0.1, 0.15) is 0 Å². The number of amides is 1. The summed E-state index contributed by atoms with van der Waals surface area (Å²) >= 11 is 4.95. The van der Waals surface area contributed by atoms with Gasteiger partial charge >= 0.3 is 6.18 Å². The summed E-state index contributed by atoms with van der Waals surface area (Å²) in [6, 6.07) is 6.51. The highest BCUT2D eigenvalue weighted by atomic mass is 79.9. The number of alkyl halides is 3. The van der Waals surface area contributed by atoms with E-state index in [0.717, 1.165) is 8.66 Å². The lowest BCUT2D eigenvalue weighted by atomic mass is 10.2. The van der Waals surface area contributed by atoms with Gasteiger partial charge in [-0.3, -0.25) is 4.79 Å². The zero-order valence-electron chi connectivity index (χ0n) is 11.7. The van der Waals surface area contributed by atoms with Crippen molar-refractivity contribution < 1.29 is 22.7 Å². The largest absolute Gasteiger partial charge is 0.468 e. The van der Waals surface area contributed by atoms with E-state index in [2.05, 4.69) is 31.0 Å². The molecule has 1 N–H and O–H groups in total. The number of aromatic nitrogens is 1. The van der Waals surface area contributed by atoms with Crippen LogP contribution < -0.4 is 10.1 Å². The van der Waals surface area contributed by atoms with Crippen LogP contribution in [0.4, 0.5) is 13.2 Å². The van der Waals surface area contributed by atoms with E-state index in [4.69, 9.17) is 0 Å². The van der Waals surface area contributed by atoms with E-state index in [9.17, 15) is 18.0 Å². The van der Waals surface area contributed by atoms with Crippen LogP contribution >= 0.6 is 27.3 Å². The third-order valence-electron chi connectivity index (χ3n) is 2.67. The molecule has 4 nitrogen and oxygen atoms in total. The number of carbonyl (C=O) groups is 1. The van der Waals surface area contributed by atoms with Gasteiger partial charge in [-0.1, -0.05) is 0 Å². The van der Waals surface area contributed by atoms with Crippen LogP contribution in [0.1, 0.15) is 15.2 Å². The molecule has 2 rings (SSSR count). The Labute approximate surface area is 142 Å². The Balaban J connectivity index is 1.80. The standard InChI is InChI=1S/C14H12BrF3N2O2S/c15-11-3-2-10(23-11)5-6-19-13(21)9-1-4-12(20-7-9)22-8-14(16,17)18/h1-4,7H,5-6,8H2,(H,19,21). The molecule has 0 aliphatic heterocycles. The number of nitrogens with zero attached hydrogens (tertiary/aromatic N) is 1. The smallest absolute Gasteiger partial charge is 0.422 e. The minimum Gasteiger partial charge on any atom is -0.468 e. The first-order valence-corrected chi connectivity index (χ1v) is 8.12. The number of halogens is 4. The van der Waals surface area contributed by atoms with Crippen molar-refractivity contribution in [2.75, 3.05) is 13.2 Å². The molecular weight excluding hydrogens is 397 g/mol. The molecule has 0 aliphatic rings. The maximum atomic E-state index is 12.0. The van der Waals surface area contributed by atoms with Crippen molar-refractivity contribution in [1.82, 2.24) is 10.3 Å². The first-order valence-electron chi connectivity index (χ1n) is 6.51. The Morgan fingerprint density at radius 1 is 1.30 bits per heavy atom. The molecule has 0 saturated heterocycles. The van der Waals surface area contributed by atoms with Gasteiger partial charge in [-0.15, -0.1) is 11.3 Å². The normalized spacial score (nSPS) is 11.3. The predicted molar refractivity (Wildman–Crippen MR) is 83.8 cm³/mol. The summed E-state index contributed by atoms with van der Waals surface area (Å²) in [5.74, 6) is -0.516. The minimum absolute atomic E-state index is 0.178. The Kier molecular flexibility index (Phi) is 6.00. The first-order chi connectivity index (χ1) is 10.8. The summed E-state index contributed by atoms with van der Waals surface area (Å²) in [6.07, 6.45) is -2.54. The third kappa shape index (κ3) is 6.19. The summed E-state index contributed by atoms with van der Waals surface area (Å²) in [4.78, 5) is 16.7. The van der Waals surface area contributed by atoms with Crippen molar-refractivity contribution >= 4 is 33.2 Å². The molecule has 0 aliphatic carbocycles. The fraction of sp³-hybridized carbons (Fsp3) is 0.286. The monoisotopic (exact) mass is 408 g/mol. The van der Waals surface area contributed by atoms with Crippen LogP contribution in [0, 0.1) is 0 Å². The molecule has 0 saturated carbocycles. The van der Waals surface area contributed by atoms with E-state index in [1.54, 1.807) is 11.3 Å². The van der Waals surface area contributed by atoms with Gasteiger partial charge in [0, 0.05) is 23.7 Å². The van der Waals surface area contributed by atoms with Crippen LogP contribution in [0.3, 0.4) is 0 Å². The molecule has 0 fully saturated rings. The van der Waals surface area contributed by atoms with Crippen molar-refractivity contribution in [1.29, 1.82) is 0 Å². The summed E-state index contributed by atoms with van der Waals surface area (Å²) in [7, 11) is 0. The maximum absolute atomic E-state index is 12.0. The maximum Gasteiger partial charge on any atom is 0.422 e. The molecule has 0 aromatic carbocycles. The molecule has 0 spiro atoms. The van der Waals surface area contributed by atoms with E-state index in [0.29, 0.717) is 13.0 Å². The van der Waals surface area contributed by atoms with E-state index < -0.39 is 12.8 Å². The first kappa shape index (κ1) is 17.7. The quantitative estimate of drug-likeness (QED) is 0.790. The summed E-state index contributed by atoms with van der Waals surface area (Å²) in [5, 5.41) is 2.72. The lowest BCUT2D eigenvalue weighted by Crippen LogP contribution is -2.25. The average Bonchev–Trinajstić information content (AvgIpc) is 2.90. The van der Waals surface area contributed by atoms with Crippen LogP contribution in [0.5, 0.6) is 5.88 Å². The van der Waals surface area contributed by atoms with Gasteiger partial charge in [-0.2, -0.15) is 13.2 Å². The van der Waals surface area contributed by atoms with Crippen molar-refractivity contribution in [3.8, 4) is 5.88 Å². The third-order valence-corrected chi connectivity index (χ3v) is 4.35. The van der Waals surface area contributed by atoms with Gasteiger partial charge in [-0.25, -0.2) is 4.98 Å². The Morgan fingerprint density at radius 3 is 2.65 bits per heavy atom. The number of hydrogen-bond donors (Lipinski definition) is 1. The van der Waals surface area contributed by atoms with E-state index in [-0.39, 0.29) is 17.4 Å². The lowest BCUT2D eigenvalue weighted by Gasteiger charge is -2.08. The van der Waals surface area contributed by atoms with Gasteiger partial charge in [0.25, 0.3) is 5.91 Å². The van der Waals surface area contributed by atoms with E-state index >= 15 is 0 Å². The van der Waals surface area contributed by atoms with Crippen molar-refractivity contribution in [3.63, 3.8) is 0 Å². The van der Waals surface area contributed by atoms with Crippen LogP contribution in [0.25, 0.3) is 0 Å². The number of rotatable bonds is 6. The molecular formula is C14H12BrF3N2O2S. The SMILES string of the molecule is O=C(NCCc1ccc(Br)s1)c1ccc(OCC(F)(F)F)nc1. The Bertz CT molecular complexity index is 659. The number of hydrogen-bond acceptors (Lipinski definition) is 4. The summed E-state index contributed by atoms with van der Waals surface area (Å²) < 4.78 is 41.5. The second kappa shape index (κ2) is 7.78. The highest BCUT2D eigenvalue weighted by Crippen LogP contribution is 2.22. The highest BCUT2D eigenvalue weighted by Gasteiger charge is 2.28. The van der Waals surface area contributed by atoms with Crippen LogP contribution in [-0.4, -0.2) is 30.2 Å². The van der Waals surface area contributed by atoms with E-state index in [1.807, 2.05) is 12.1 Å². The zero-order chi connectivity index (χ0) is 16.9. The highest BCUT2D eigenvalue weighted by molar-refractivity contribution is 9.11. The fourth-order valence-electron chi connectivity index (χ4n) is 1.64. The minimum atomic E-state index is -4.42. The molecule has 2 aromatic rings. The number of nitrogens with one attached hydrogen (secondary N) is 1. The molecule has 0 bridgehead atoms. The molecule has 2 heterocycles. The zero-order valence-corrected chi connectivity index (χ0v) is 14.1. The second-order valence-electron chi connectivity index (χ2n) is 4.50. The molecule has 124 valence electrons. The van der Waals surface area contributed by atoms with Crippen LogP contribution in [-0.2, 0) is 6.42 Å². The van der Waals surface area contributed by atoms with Crippen molar-refractivity contribution in [3.05, 3.63) is 44.7 Å². The number of carbonyl (C=O) groups excluding carboxylic acids is 1. The van der Waals surface area contributed by atoms with E-state index in [1.165, 1.54) is 18.3 Å². The molecule has 2 aromatic heterocycles. The summed E-state index contributed by atoms with van der Waals surface area (Å²) in [5.41, 5.74) is 0.261. The van der Waals surface area contributed by atoms with Gasteiger partial charge in [0.15, 0.2) is 6.61 Å². The second-order valence-corrected chi connectivity index (χ2v) is 7.05. The number of ether oxygens (including phenoxy) is 1. The molecule has 0 unspecified atom stereocenters. The van der Waals surface area contributed by atoms with Crippen LogP contribution in [0.15, 0.2) is 34.2 Å².